The number of hydrogen-bond acceptors (Lipinski definition) is 7. The number of carbonyl (C=O) groups excluding carboxylic acids is 3. The summed E-state index contributed by atoms with van der Waals surface area (Å²) < 4.78 is 16.0. The first-order chi connectivity index (χ1) is 13.3. The molecule has 154 valence electrons. The largest absolute Gasteiger partial charge is 0.466 e. The van der Waals surface area contributed by atoms with Gasteiger partial charge in [0.2, 0.25) is 0 Å². The molecule has 28 heavy (non-hydrogen) atoms. The van der Waals surface area contributed by atoms with E-state index >= 15 is 0 Å². The zero-order valence-electron chi connectivity index (χ0n) is 16.6. The molecule has 0 bridgehead atoms. The Kier molecular flexibility index (Phi) is 7.57. The number of methoxy groups -OCH3 is 1. The molecule has 0 radical (unpaired) electrons. The molecule has 0 spiro atoms. The van der Waals surface area contributed by atoms with Crippen LogP contribution in [0.5, 0.6) is 0 Å². The monoisotopic (exact) mass is 392 g/mol. The zero-order chi connectivity index (χ0) is 20.8. The van der Waals surface area contributed by atoms with Crippen LogP contribution in [0.15, 0.2) is 35.5 Å². The standard InChI is InChI=1S/C21H28O7/c1-5-12(2)19(23)27-17-10-15(21(25)26-4)8-6-7-14(11-22)9-16-18(17)13(3)20(24)28-16/h5,8,14,16-18,22H,3,6-7,9-11H2,1-2,4H3/b12-5-,15-8+/t14-,16+,17+,18-/m0/s1. The molecule has 0 unspecified atom stereocenters. The molecular weight excluding hydrogens is 364 g/mol. The van der Waals surface area contributed by atoms with Crippen molar-refractivity contribution in [1.29, 1.82) is 0 Å². The van der Waals surface area contributed by atoms with Crippen LogP contribution >= 0.6 is 0 Å². The van der Waals surface area contributed by atoms with E-state index in [1.54, 1.807) is 26.0 Å². The van der Waals surface area contributed by atoms with Crippen molar-refractivity contribution in [3.63, 3.8) is 0 Å². The van der Waals surface area contributed by atoms with Crippen molar-refractivity contribution in [1.82, 2.24) is 0 Å². The Balaban J connectivity index is 2.45. The minimum Gasteiger partial charge on any atom is -0.466 e. The molecule has 2 aliphatic rings. The number of fused-ring (bicyclic) bond motifs is 1. The number of ether oxygens (including phenoxy) is 3. The molecule has 1 saturated heterocycles. The van der Waals surface area contributed by atoms with Crippen molar-refractivity contribution in [2.24, 2.45) is 11.8 Å². The summed E-state index contributed by atoms with van der Waals surface area (Å²) in [4.78, 5) is 36.8. The first-order valence-corrected chi connectivity index (χ1v) is 9.44. The van der Waals surface area contributed by atoms with Crippen LogP contribution in [-0.2, 0) is 28.6 Å². The third-order valence-electron chi connectivity index (χ3n) is 5.40. The van der Waals surface area contributed by atoms with Gasteiger partial charge in [0.05, 0.1) is 13.0 Å². The lowest BCUT2D eigenvalue weighted by Gasteiger charge is -2.30. The first-order valence-electron chi connectivity index (χ1n) is 9.44. The lowest BCUT2D eigenvalue weighted by molar-refractivity contribution is -0.149. The fourth-order valence-electron chi connectivity index (χ4n) is 3.60. The summed E-state index contributed by atoms with van der Waals surface area (Å²) >= 11 is 0. The van der Waals surface area contributed by atoms with Gasteiger partial charge >= 0.3 is 17.9 Å². The lowest BCUT2D eigenvalue weighted by atomic mass is 9.81. The Morgan fingerprint density at radius 3 is 2.75 bits per heavy atom. The highest BCUT2D eigenvalue weighted by atomic mass is 16.6. The van der Waals surface area contributed by atoms with Gasteiger partial charge in [0.25, 0.3) is 0 Å². The van der Waals surface area contributed by atoms with Gasteiger partial charge in [-0.3, -0.25) is 0 Å². The average molecular weight is 392 g/mol. The van der Waals surface area contributed by atoms with E-state index in [1.165, 1.54) is 7.11 Å². The molecule has 1 aliphatic heterocycles. The fraction of sp³-hybridized carbons (Fsp3) is 0.571. The Bertz CT molecular complexity index is 704. The summed E-state index contributed by atoms with van der Waals surface area (Å²) in [6.07, 6.45) is 3.71. The number of hydrogen-bond donors (Lipinski definition) is 1. The maximum atomic E-state index is 12.4. The van der Waals surface area contributed by atoms with Crippen molar-refractivity contribution in [3.05, 3.63) is 35.5 Å². The maximum absolute atomic E-state index is 12.4. The smallest absolute Gasteiger partial charge is 0.334 e. The van der Waals surface area contributed by atoms with Gasteiger partial charge in [0.1, 0.15) is 12.2 Å². The second kappa shape index (κ2) is 9.68. The van der Waals surface area contributed by atoms with Crippen LogP contribution in [0.4, 0.5) is 0 Å². The van der Waals surface area contributed by atoms with Crippen molar-refractivity contribution >= 4 is 17.9 Å². The Hall–Kier alpha value is -2.41. The summed E-state index contributed by atoms with van der Waals surface area (Å²) in [6.45, 7) is 7.11. The van der Waals surface area contributed by atoms with Gasteiger partial charge in [-0.15, -0.1) is 0 Å². The van der Waals surface area contributed by atoms with Gasteiger partial charge in [0, 0.05) is 29.7 Å². The molecule has 4 atom stereocenters. The van der Waals surface area contributed by atoms with Gasteiger partial charge in [-0.05, 0) is 39.0 Å². The van der Waals surface area contributed by atoms with Gasteiger partial charge in [-0.1, -0.05) is 18.7 Å². The second-order valence-corrected chi connectivity index (χ2v) is 7.20. The summed E-state index contributed by atoms with van der Waals surface area (Å²) in [5.41, 5.74) is 0.992. The Labute approximate surface area is 165 Å². The molecule has 2 rings (SSSR count). The molecule has 7 heteroatoms. The average Bonchev–Trinajstić information content (AvgIpc) is 2.97. The van der Waals surface area contributed by atoms with E-state index in [-0.39, 0.29) is 24.5 Å². The third-order valence-corrected chi connectivity index (χ3v) is 5.40. The highest BCUT2D eigenvalue weighted by molar-refractivity contribution is 5.92. The van der Waals surface area contributed by atoms with Crippen molar-refractivity contribution in [3.8, 4) is 0 Å². The third kappa shape index (κ3) is 4.90. The minimum absolute atomic E-state index is 0.0726. The van der Waals surface area contributed by atoms with Gasteiger partial charge in [-0.25, -0.2) is 14.4 Å². The topological polar surface area (TPSA) is 99.1 Å². The number of rotatable bonds is 4. The normalized spacial score (nSPS) is 30.6. The summed E-state index contributed by atoms with van der Waals surface area (Å²) in [5.74, 6) is -2.30. The number of carbonyl (C=O) groups is 3. The molecule has 1 heterocycles. The lowest BCUT2D eigenvalue weighted by Crippen LogP contribution is -2.36. The van der Waals surface area contributed by atoms with Crippen molar-refractivity contribution < 1.29 is 33.7 Å². The van der Waals surface area contributed by atoms with E-state index in [9.17, 15) is 19.5 Å². The van der Waals surface area contributed by atoms with E-state index in [4.69, 9.17) is 14.2 Å². The molecule has 0 aromatic carbocycles. The number of allylic oxidation sites excluding steroid dienone is 2. The van der Waals surface area contributed by atoms with Crippen LogP contribution in [0.2, 0.25) is 0 Å². The highest BCUT2D eigenvalue weighted by Gasteiger charge is 2.46. The first kappa shape index (κ1) is 21.9. The molecule has 1 aliphatic carbocycles. The second-order valence-electron chi connectivity index (χ2n) is 7.20. The molecule has 0 aromatic rings. The molecular formula is C21H28O7. The van der Waals surface area contributed by atoms with Crippen LogP contribution in [0.1, 0.15) is 39.5 Å². The van der Waals surface area contributed by atoms with Crippen molar-refractivity contribution in [2.45, 2.75) is 51.7 Å². The van der Waals surface area contributed by atoms with Gasteiger partial charge in [0.15, 0.2) is 0 Å². The number of esters is 3. The molecule has 1 N–H and O–H groups in total. The van der Waals surface area contributed by atoms with E-state index < -0.39 is 36.0 Å². The quantitative estimate of drug-likeness (QED) is 0.445. The van der Waals surface area contributed by atoms with Gasteiger partial charge in [-0.2, -0.15) is 0 Å². The molecule has 1 fully saturated rings. The van der Waals surface area contributed by atoms with Crippen LogP contribution in [0.25, 0.3) is 0 Å². The SMILES string of the molecule is C=C1C(=O)O[C@@H]2C[C@@H](CO)CC/C=C(/C(=O)OC)C[C@@H](OC(=O)/C(C)=C\C)[C@@H]12. The maximum Gasteiger partial charge on any atom is 0.334 e. The zero-order valence-corrected chi connectivity index (χ0v) is 16.6. The van der Waals surface area contributed by atoms with Gasteiger partial charge < -0.3 is 19.3 Å². The molecule has 0 amide bonds. The van der Waals surface area contributed by atoms with E-state index in [0.717, 1.165) is 0 Å². The van der Waals surface area contributed by atoms with Crippen LogP contribution in [-0.4, -0.2) is 48.9 Å². The summed E-state index contributed by atoms with van der Waals surface area (Å²) in [5, 5.41) is 9.69. The molecule has 7 nitrogen and oxygen atoms in total. The molecule has 0 aromatic heterocycles. The van der Waals surface area contributed by atoms with Crippen molar-refractivity contribution in [2.75, 3.05) is 13.7 Å². The minimum atomic E-state index is -0.811. The van der Waals surface area contributed by atoms with Crippen LogP contribution in [0, 0.1) is 11.8 Å². The van der Waals surface area contributed by atoms with E-state index in [2.05, 4.69) is 6.58 Å². The Morgan fingerprint density at radius 1 is 1.43 bits per heavy atom. The predicted octanol–water partition coefficient (Wildman–Crippen LogP) is 2.24. The van der Waals surface area contributed by atoms with Crippen LogP contribution in [0.3, 0.4) is 0 Å². The van der Waals surface area contributed by atoms with E-state index in [0.29, 0.717) is 30.4 Å². The highest BCUT2D eigenvalue weighted by Crippen LogP contribution is 2.38. The number of aliphatic hydroxyl groups is 1. The fourth-order valence-corrected chi connectivity index (χ4v) is 3.60. The Morgan fingerprint density at radius 2 is 2.14 bits per heavy atom. The van der Waals surface area contributed by atoms with E-state index in [1.807, 2.05) is 0 Å². The summed E-state index contributed by atoms with van der Waals surface area (Å²) in [7, 11) is 1.29. The predicted molar refractivity (Wildman–Crippen MR) is 101 cm³/mol. The van der Waals surface area contributed by atoms with Crippen LogP contribution < -0.4 is 0 Å². The number of aliphatic hydroxyl groups excluding tert-OH is 1. The summed E-state index contributed by atoms with van der Waals surface area (Å²) in [6, 6.07) is 0. The molecule has 0 saturated carbocycles.